The molecular weight excluding hydrogens is 236 g/mol. The van der Waals surface area contributed by atoms with E-state index in [1.165, 1.54) is 0 Å². The van der Waals surface area contributed by atoms with Crippen LogP contribution in [-0.2, 0) is 0 Å². The van der Waals surface area contributed by atoms with Gasteiger partial charge in [0.15, 0.2) is 0 Å². The molecule has 0 radical (unpaired) electrons. The normalized spacial score (nSPS) is 17.5. The number of nitrogens with zero attached hydrogens (tertiary/aromatic N) is 1. The second kappa shape index (κ2) is 8.23. The summed E-state index contributed by atoms with van der Waals surface area (Å²) in [5.74, 6) is 0. The summed E-state index contributed by atoms with van der Waals surface area (Å²) in [7, 11) is 2.20. The minimum atomic E-state index is -0.0828. The topological polar surface area (TPSA) is 35.5 Å². The highest BCUT2D eigenvalue weighted by Gasteiger charge is 2.27. The van der Waals surface area contributed by atoms with Gasteiger partial charge >= 0.3 is 0 Å². The van der Waals surface area contributed by atoms with Gasteiger partial charge in [0.2, 0.25) is 0 Å². The van der Waals surface area contributed by atoms with Crippen molar-refractivity contribution in [2.75, 3.05) is 26.7 Å². The largest absolute Gasteiger partial charge is 0.394 e. The third-order valence-corrected chi connectivity index (χ3v) is 4.61. The van der Waals surface area contributed by atoms with Crippen molar-refractivity contribution in [3.63, 3.8) is 0 Å². The maximum absolute atomic E-state index is 9.64. The molecule has 0 amide bonds. The summed E-state index contributed by atoms with van der Waals surface area (Å²) < 4.78 is 0. The fraction of sp³-hybridized carbons (Fsp3) is 1.00. The first-order valence-electron chi connectivity index (χ1n) is 7.78. The standard InChI is InChI=1S/C16H36N2O/c1-8-16(13-19,17-9-2)11-10-12-18(7)14(3)15(4,5)6/h14,17,19H,8-13H2,1-7H3. The molecule has 0 aliphatic rings. The van der Waals surface area contributed by atoms with Crippen molar-refractivity contribution in [1.29, 1.82) is 0 Å². The van der Waals surface area contributed by atoms with Gasteiger partial charge in [-0.1, -0.05) is 34.6 Å². The first kappa shape index (κ1) is 18.9. The van der Waals surface area contributed by atoms with E-state index in [0.29, 0.717) is 11.5 Å². The lowest BCUT2D eigenvalue weighted by Gasteiger charge is -2.37. The SMILES string of the molecule is CCNC(CC)(CO)CCCN(C)C(C)C(C)(C)C. The molecule has 0 saturated carbocycles. The van der Waals surface area contributed by atoms with Crippen LogP contribution in [0.5, 0.6) is 0 Å². The molecule has 0 bridgehead atoms. The third kappa shape index (κ3) is 6.24. The predicted octanol–water partition coefficient (Wildman–Crippen LogP) is 2.88. The molecule has 116 valence electrons. The summed E-state index contributed by atoms with van der Waals surface area (Å²) in [5.41, 5.74) is 0.232. The molecule has 0 fully saturated rings. The average Bonchev–Trinajstić information content (AvgIpc) is 2.35. The van der Waals surface area contributed by atoms with Crippen LogP contribution in [0.25, 0.3) is 0 Å². The molecule has 3 nitrogen and oxygen atoms in total. The minimum absolute atomic E-state index is 0.0828. The first-order chi connectivity index (χ1) is 8.72. The van der Waals surface area contributed by atoms with Crippen LogP contribution in [-0.4, -0.2) is 48.3 Å². The molecule has 0 saturated heterocycles. The smallest absolute Gasteiger partial charge is 0.0613 e. The van der Waals surface area contributed by atoms with Gasteiger partial charge in [-0.3, -0.25) is 0 Å². The Hall–Kier alpha value is -0.120. The van der Waals surface area contributed by atoms with Crippen molar-refractivity contribution in [1.82, 2.24) is 10.2 Å². The Balaban J connectivity index is 4.26. The minimum Gasteiger partial charge on any atom is -0.394 e. The molecule has 2 N–H and O–H groups in total. The lowest BCUT2D eigenvalue weighted by molar-refractivity contribution is 0.118. The quantitative estimate of drug-likeness (QED) is 0.677. The van der Waals surface area contributed by atoms with E-state index in [-0.39, 0.29) is 12.1 Å². The molecule has 0 aliphatic heterocycles. The van der Waals surface area contributed by atoms with Gasteiger partial charge in [-0.2, -0.15) is 0 Å². The molecule has 0 rings (SSSR count). The van der Waals surface area contributed by atoms with Crippen molar-refractivity contribution in [3.05, 3.63) is 0 Å². The van der Waals surface area contributed by atoms with E-state index >= 15 is 0 Å². The highest BCUT2D eigenvalue weighted by atomic mass is 16.3. The summed E-state index contributed by atoms with van der Waals surface area (Å²) in [5, 5.41) is 13.1. The molecule has 2 atom stereocenters. The first-order valence-corrected chi connectivity index (χ1v) is 7.78. The maximum Gasteiger partial charge on any atom is 0.0613 e. The summed E-state index contributed by atoms with van der Waals surface area (Å²) in [6.07, 6.45) is 3.14. The Morgan fingerprint density at radius 1 is 1.21 bits per heavy atom. The summed E-state index contributed by atoms with van der Waals surface area (Å²) >= 11 is 0. The Kier molecular flexibility index (Phi) is 8.18. The van der Waals surface area contributed by atoms with Gasteiger partial charge in [-0.05, 0) is 51.7 Å². The Morgan fingerprint density at radius 3 is 2.16 bits per heavy atom. The molecule has 0 aromatic rings. The molecule has 0 heterocycles. The zero-order chi connectivity index (χ0) is 15.1. The van der Waals surface area contributed by atoms with Gasteiger partial charge in [-0.25, -0.2) is 0 Å². The molecule has 0 aromatic carbocycles. The van der Waals surface area contributed by atoms with E-state index in [0.717, 1.165) is 32.4 Å². The Bertz CT molecular complexity index is 231. The van der Waals surface area contributed by atoms with Gasteiger partial charge in [-0.15, -0.1) is 0 Å². The summed E-state index contributed by atoms with van der Waals surface area (Å²) in [4.78, 5) is 2.43. The second-order valence-electron chi connectivity index (χ2n) is 6.95. The average molecular weight is 272 g/mol. The van der Waals surface area contributed by atoms with Crippen LogP contribution in [0.15, 0.2) is 0 Å². The zero-order valence-electron chi connectivity index (χ0n) is 14.2. The molecule has 3 heteroatoms. The number of aliphatic hydroxyl groups is 1. The van der Waals surface area contributed by atoms with Crippen molar-refractivity contribution in [3.8, 4) is 0 Å². The van der Waals surface area contributed by atoms with Crippen molar-refractivity contribution >= 4 is 0 Å². The van der Waals surface area contributed by atoms with Gasteiger partial charge in [0.05, 0.1) is 6.61 Å². The van der Waals surface area contributed by atoms with Gasteiger partial charge in [0.1, 0.15) is 0 Å². The van der Waals surface area contributed by atoms with Crippen molar-refractivity contribution < 1.29 is 5.11 Å². The second-order valence-corrected chi connectivity index (χ2v) is 6.95. The molecular formula is C16H36N2O. The van der Waals surface area contributed by atoms with E-state index in [1.807, 2.05) is 0 Å². The van der Waals surface area contributed by atoms with Gasteiger partial charge in [0.25, 0.3) is 0 Å². The van der Waals surface area contributed by atoms with Crippen molar-refractivity contribution in [2.45, 2.75) is 72.4 Å². The van der Waals surface area contributed by atoms with Crippen LogP contribution in [0.4, 0.5) is 0 Å². The zero-order valence-corrected chi connectivity index (χ0v) is 14.2. The monoisotopic (exact) mass is 272 g/mol. The van der Waals surface area contributed by atoms with Crippen LogP contribution < -0.4 is 5.32 Å². The van der Waals surface area contributed by atoms with E-state index < -0.39 is 0 Å². The van der Waals surface area contributed by atoms with Crippen molar-refractivity contribution in [2.24, 2.45) is 5.41 Å². The molecule has 0 aromatic heterocycles. The molecule has 19 heavy (non-hydrogen) atoms. The van der Waals surface area contributed by atoms with Gasteiger partial charge < -0.3 is 15.3 Å². The van der Waals surface area contributed by atoms with Crippen LogP contribution in [0.3, 0.4) is 0 Å². The molecule has 0 aliphatic carbocycles. The highest BCUT2D eigenvalue weighted by Crippen LogP contribution is 2.24. The Labute approximate surface area is 120 Å². The van der Waals surface area contributed by atoms with E-state index in [1.54, 1.807) is 0 Å². The van der Waals surface area contributed by atoms with Gasteiger partial charge in [0, 0.05) is 11.6 Å². The lowest BCUT2D eigenvalue weighted by atomic mass is 9.86. The number of hydrogen-bond acceptors (Lipinski definition) is 3. The number of likely N-dealkylation sites (N-methyl/N-ethyl adjacent to an activating group) is 1. The van der Waals surface area contributed by atoms with E-state index in [9.17, 15) is 5.11 Å². The van der Waals surface area contributed by atoms with Crippen LogP contribution in [0.1, 0.15) is 60.8 Å². The fourth-order valence-electron chi connectivity index (χ4n) is 2.53. The maximum atomic E-state index is 9.64. The number of aliphatic hydroxyl groups excluding tert-OH is 1. The van der Waals surface area contributed by atoms with E-state index in [2.05, 4.69) is 58.8 Å². The number of hydrogen-bond donors (Lipinski definition) is 2. The summed E-state index contributed by atoms with van der Waals surface area (Å²) in [6, 6.07) is 0.566. The van der Waals surface area contributed by atoms with Crippen LogP contribution in [0.2, 0.25) is 0 Å². The predicted molar refractivity (Wildman–Crippen MR) is 84.6 cm³/mol. The van der Waals surface area contributed by atoms with Crippen LogP contribution >= 0.6 is 0 Å². The third-order valence-electron chi connectivity index (χ3n) is 4.61. The van der Waals surface area contributed by atoms with E-state index in [4.69, 9.17) is 0 Å². The fourth-order valence-corrected chi connectivity index (χ4v) is 2.53. The lowest BCUT2D eigenvalue weighted by Crippen LogP contribution is -2.48. The highest BCUT2D eigenvalue weighted by molar-refractivity contribution is 4.86. The molecule has 0 spiro atoms. The van der Waals surface area contributed by atoms with Crippen LogP contribution in [0, 0.1) is 5.41 Å². The number of nitrogens with one attached hydrogen (secondary N) is 1. The summed E-state index contributed by atoms with van der Waals surface area (Å²) in [6.45, 7) is 15.7. The Morgan fingerprint density at radius 2 is 1.79 bits per heavy atom. The number of rotatable bonds is 9. The molecule has 2 unspecified atom stereocenters.